The van der Waals surface area contributed by atoms with E-state index in [0.29, 0.717) is 12.8 Å². The summed E-state index contributed by atoms with van der Waals surface area (Å²) in [5.41, 5.74) is 0.999. The van der Waals surface area contributed by atoms with Crippen LogP contribution in [0.5, 0.6) is 0 Å². The zero-order chi connectivity index (χ0) is 15.5. The lowest BCUT2D eigenvalue weighted by molar-refractivity contribution is -0.145. The largest absolute Gasteiger partial charge is 0.467 e. The SMILES string of the molecule is CCCCCCC(=O)NC(Cc1ccccc1)C(=O)OC. The third-order valence-corrected chi connectivity index (χ3v) is 3.36. The lowest BCUT2D eigenvalue weighted by Crippen LogP contribution is -2.43. The molecule has 0 aromatic heterocycles. The van der Waals surface area contributed by atoms with E-state index in [-0.39, 0.29) is 5.91 Å². The van der Waals surface area contributed by atoms with E-state index in [1.54, 1.807) is 0 Å². The van der Waals surface area contributed by atoms with Gasteiger partial charge in [-0.1, -0.05) is 56.5 Å². The molecule has 0 radical (unpaired) electrons. The second-order valence-electron chi connectivity index (χ2n) is 5.14. The minimum absolute atomic E-state index is 0.0857. The monoisotopic (exact) mass is 291 g/mol. The van der Waals surface area contributed by atoms with E-state index in [9.17, 15) is 9.59 Å². The van der Waals surface area contributed by atoms with Crippen LogP contribution in [-0.2, 0) is 20.7 Å². The van der Waals surface area contributed by atoms with Gasteiger partial charge in [-0.2, -0.15) is 0 Å². The van der Waals surface area contributed by atoms with Gasteiger partial charge in [-0.25, -0.2) is 4.79 Å². The van der Waals surface area contributed by atoms with Crippen LogP contribution >= 0.6 is 0 Å². The molecule has 4 nitrogen and oxygen atoms in total. The minimum atomic E-state index is -0.615. The molecule has 21 heavy (non-hydrogen) atoms. The number of esters is 1. The highest BCUT2D eigenvalue weighted by Crippen LogP contribution is 2.06. The van der Waals surface area contributed by atoms with Gasteiger partial charge >= 0.3 is 5.97 Å². The number of benzene rings is 1. The maximum atomic E-state index is 11.9. The van der Waals surface area contributed by atoms with Crippen molar-refractivity contribution in [1.29, 1.82) is 0 Å². The number of methoxy groups -OCH3 is 1. The maximum absolute atomic E-state index is 11.9. The number of nitrogens with one attached hydrogen (secondary N) is 1. The first-order valence-electron chi connectivity index (χ1n) is 7.58. The van der Waals surface area contributed by atoms with Crippen molar-refractivity contribution in [3.05, 3.63) is 35.9 Å². The highest BCUT2D eigenvalue weighted by molar-refractivity contribution is 5.84. The molecule has 116 valence electrons. The van der Waals surface area contributed by atoms with Gasteiger partial charge in [0.2, 0.25) is 5.91 Å². The summed E-state index contributed by atoms with van der Waals surface area (Å²) in [6.45, 7) is 2.13. The smallest absolute Gasteiger partial charge is 0.328 e. The van der Waals surface area contributed by atoms with Crippen LogP contribution in [0.15, 0.2) is 30.3 Å². The van der Waals surface area contributed by atoms with Crippen molar-refractivity contribution in [1.82, 2.24) is 5.32 Å². The van der Waals surface area contributed by atoms with E-state index in [1.165, 1.54) is 7.11 Å². The standard InChI is InChI=1S/C17H25NO3/c1-3-4-5-9-12-16(19)18-15(17(20)21-2)13-14-10-7-6-8-11-14/h6-8,10-11,15H,3-5,9,12-13H2,1-2H3,(H,18,19). The molecule has 1 aromatic carbocycles. The van der Waals surface area contributed by atoms with Crippen molar-refractivity contribution in [2.24, 2.45) is 0 Å². The molecule has 0 fully saturated rings. The number of ether oxygens (including phenoxy) is 1. The number of carbonyl (C=O) groups is 2. The fourth-order valence-corrected chi connectivity index (χ4v) is 2.16. The van der Waals surface area contributed by atoms with Crippen molar-refractivity contribution in [2.75, 3.05) is 7.11 Å². The van der Waals surface area contributed by atoms with E-state index >= 15 is 0 Å². The molecule has 1 rings (SSSR count). The maximum Gasteiger partial charge on any atom is 0.328 e. The molecule has 0 saturated carbocycles. The van der Waals surface area contributed by atoms with Crippen LogP contribution in [0, 0.1) is 0 Å². The van der Waals surface area contributed by atoms with Crippen molar-refractivity contribution in [3.8, 4) is 0 Å². The Balaban J connectivity index is 2.50. The lowest BCUT2D eigenvalue weighted by Gasteiger charge is -2.16. The predicted octanol–water partition coefficient (Wildman–Crippen LogP) is 2.86. The first kappa shape index (κ1) is 17.2. The molecule has 0 spiro atoms. The first-order chi connectivity index (χ1) is 10.2. The first-order valence-corrected chi connectivity index (χ1v) is 7.58. The Morgan fingerprint density at radius 1 is 1.14 bits per heavy atom. The number of hydrogen-bond donors (Lipinski definition) is 1. The van der Waals surface area contributed by atoms with Crippen molar-refractivity contribution < 1.29 is 14.3 Å². The Morgan fingerprint density at radius 2 is 1.86 bits per heavy atom. The Bertz CT molecular complexity index is 431. The van der Waals surface area contributed by atoms with Crippen LogP contribution in [0.1, 0.15) is 44.6 Å². The Hall–Kier alpha value is -1.84. The van der Waals surface area contributed by atoms with Crippen LogP contribution in [0.25, 0.3) is 0 Å². The molecular formula is C17H25NO3. The third kappa shape index (κ3) is 6.93. The summed E-state index contributed by atoms with van der Waals surface area (Å²) in [6, 6.07) is 9.00. The third-order valence-electron chi connectivity index (χ3n) is 3.36. The number of carbonyl (C=O) groups excluding carboxylic acids is 2. The summed E-state index contributed by atoms with van der Waals surface area (Å²) in [4.78, 5) is 23.7. The minimum Gasteiger partial charge on any atom is -0.467 e. The van der Waals surface area contributed by atoms with Gasteiger partial charge < -0.3 is 10.1 Å². The lowest BCUT2D eigenvalue weighted by atomic mass is 10.1. The van der Waals surface area contributed by atoms with Crippen molar-refractivity contribution in [3.63, 3.8) is 0 Å². The van der Waals surface area contributed by atoms with E-state index in [1.807, 2.05) is 30.3 Å². The number of unbranched alkanes of at least 4 members (excludes halogenated alkanes) is 3. The second kappa shape index (κ2) is 9.97. The van der Waals surface area contributed by atoms with E-state index in [2.05, 4.69) is 12.2 Å². The second-order valence-corrected chi connectivity index (χ2v) is 5.14. The van der Waals surface area contributed by atoms with Gasteiger partial charge in [0.05, 0.1) is 7.11 Å². The highest BCUT2D eigenvalue weighted by Gasteiger charge is 2.21. The van der Waals surface area contributed by atoms with Crippen LogP contribution in [0.2, 0.25) is 0 Å². The molecule has 1 atom stereocenters. The molecule has 0 bridgehead atoms. The molecule has 0 aliphatic rings. The van der Waals surface area contributed by atoms with Gasteiger partial charge in [-0.3, -0.25) is 4.79 Å². The molecule has 0 aliphatic carbocycles. The highest BCUT2D eigenvalue weighted by atomic mass is 16.5. The summed E-state index contributed by atoms with van der Waals surface area (Å²) in [5.74, 6) is -0.488. The summed E-state index contributed by atoms with van der Waals surface area (Å²) in [7, 11) is 1.34. The molecule has 1 aromatic rings. The molecule has 1 unspecified atom stereocenters. The average Bonchev–Trinajstić information content (AvgIpc) is 2.51. The van der Waals surface area contributed by atoms with E-state index < -0.39 is 12.0 Å². The van der Waals surface area contributed by atoms with Gasteiger partial charge in [-0.15, -0.1) is 0 Å². The quantitative estimate of drug-likeness (QED) is 0.562. The van der Waals surface area contributed by atoms with Gasteiger partial charge in [-0.05, 0) is 12.0 Å². The van der Waals surface area contributed by atoms with Crippen molar-refractivity contribution in [2.45, 2.75) is 51.5 Å². The van der Waals surface area contributed by atoms with Crippen LogP contribution < -0.4 is 5.32 Å². The summed E-state index contributed by atoms with van der Waals surface area (Å²) in [5, 5.41) is 2.78. The molecular weight excluding hydrogens is 266 g/mol. The predicted molar refractivity (Wildman–Crippen MR) is 82.9 cm³/mol. The number of rotatable bonds is 9. The number of hydrogen-bond acceptors (Lipinski definition) is 3. The molecule has 4 heteroatoms. The molecule has 0 aliphatic heterocycles. The van der Waals surface area contributed by atoms with Crippen molar-refractivity contribution >= 4 is 11.9 Å². The summed E-state index contributed by atoms with van der Waals surface area (Å²) in [6.07, 6.45) is 5.10. The van der Waals surface area contributed by atoms with Crippen LogP contribution in [0.4, 0.5) is 0 Å². The Morgan fingerprint density at radius 3 is 2.48 bits per heavy atom. The molecule has 1 amide bonds. The topological polar surface area (TPSA) is 55.4 Å². The van der Waals surface area contributed by atoms with Gasteiger partial charge in [0.1, 0.15) is 6.04 Å². The van der Waals surface area contributed by atoms with Crippen LogP contribution in [-0.4, -0.2) is 25.0 Å². The fraction of sp³-hybridized carbons (Fsp3) is 0.529. The van der Waals surface area contributed by atoms with Gasteiger partial charge in [0, 0.05) is 12.8 Å². The Labute approximate surface area is 126 Å². The number of amides is 1. The van der Waals surface area contributed by atoms with Gasteiger partial charge in [0.25, 0.3) is 0 Å². The molecule has 1 N–H and O–H groups in total. The van der Waals surface area contributed by atoms with E-state index in [4.69, 9.17) is 4.74 Å². The fourth-order valence-electron chi connectivity index (χ4n) is 2.16. The zero-order valence-corrected chi connectivity index (χ0v) is 12.9. The normalized spacial score (nSPS) is 11.7. The molecule has 0 saturated heterocycles. The van der Waals surface area contributed by atoms with Gasteiger partial charge in [0.15, 0.2) is 0 Å². The Kier molecular flexibility index (Phi) is 8.17. The van der Waals surface area contributed by atoms with E-state index in [0.717, 1.165) is 31.2 Å². The molecule has 0 heterocycles. The van der Waals surface area contributed by atoms with Crippen LogP contribution in [0.3, 0.4) is 0 Å². The average molecular weight is 291 g/mol. The summed E-state index contributed by atoms with van der Waals surface area (Å²) >= 11 is 0. The summed E-state index contributed by atoms with van der Waals surface area (Å²) < 4.78 is 4.77. The zero-order valence-electron chi connectivity index (χ0n) is 12.9.